The first kappa shape index (κ1) is 41.3. The van der Waals surface area contributed by atoms with Crippen molar-refractivity contribution in [3.63, 3.8) is 0 Å². The highest BCUT2D eigenvalue weighted by Gasteiger charge is 2.46. The van der Waals surface area contributed by atoms with Crippen LogP contribution in [0.2, 0.25) is 0 Å². The molecule has 0 amide bonds. The lowest BCUT2D eigenvalue weighted by atomic mass is 9.74. The van der Waals surface area contributed by atoms with E-state index < -0.39 is 0 Å². The van der Waals surface area contributed by atoms with Crippen molar-refractivity contribution in [3.8, 4) is 33.4 Å². The van der Waals surface area contributed by atoms with E-state index >= 15 is 0 Å². The van der Waals surface area contributed by atoms with Crippen molar-refractivity contribution >= 4 is 77.5 Å². The molecular weight excluding hydrogens is 934 g/mol. The molecule has 1 saturated carbocycles. The van der Waals surface area contributed by atoms with Crippen molar-refractivity contribution < 1.29 is 0 Å². The van der Waals surface area contributed by atoms with E-state index in [4.69, 9.17) is 0 Å². The normalized spacial score (nSPS) is 22.8. The third-order valence-corrected chi connectivity index (χ3v) is 18.9. The maximum atomic E-state index is 2.79. The Bertz CT molecular complexity index is 3670. The van der Waals surface area contributed by atoms with Gasteiger partial charge >= 0.3 is 0 Å². The Morgan fingerprint density at radius 2 is 1.29 bits per heavy atom. The van der Waals surface area contributed by atoms with E-state index in [1.165, 1.54) is 136 Å². The first-order valence-corrected chi connectivity index (χ1v) is 26.8. The summed E-state index contributed by atoms with van der Waals surface area (Å²) in [4.78, 5) is 0. The molecule has 0 N–H and O–H groups in total. The zero-order chi connectivity index (χ0) is 45.6. The summed E-state index contributed by atoms with van der Waals surface area (Å²) in [7, 11) is 0. The molecule has 1 heterocycles. The first-order chi connectivity index (χ1) is 33.2. The van der Waals surface area contributed by atoms with E-state index in [1.807, 2.05) is 0 Å². The molecule has 7 aromatic carbocycles. The number of rotatable bonds is 4. The summed E-state index contributed by atoms with van der Waals surface area (Å²) in [6.07, 6.45) is 28.8. The maximum Gasteiger partial charge on any atom is 0.0491 e. The molecule has 6 aliphatic rings. The second kappa shape index (κ2) is 15.1. The summed E-state index contributed by atoms with van der Waals surface area (Å²) in [6.45, 7) is 9.83. The number of allylic oxidation sites excluding steroid dienone is 9. The van der Waals surface area contributed by atoms with Crippen LogP contribution in [-0.2, 0) is 17.3 Å². The number of nitrogens with zero attached hydrogens (tertiary/aromatic N) is 1. The van der Waals surface area contributed by atoms with Crippen LogP contribution in [-0.4, -0.2) is 8.49 Å². The van der Waals surface area contributed by atoms with E-state index in [1.54, 1.807) is 11.3 Å². The highest BCUT2D eigenvalue weighted by Crippen LogP contribution is 2.58. The molecule has 14 rings (SSSR count). The van der Waals surface area contributed by atoms with Gasteiger partial charge in [0, 0.05) is 43.5 Å². The Morgan fingerprint density at radius 1 is 0.588 bits per heavy atom. The van der Waals surface area contributed by atoms with Gasteiger partial charge in [-0.15, -0.1) is 0 Å². The van der Waals surface area contributed by atoms with Gasteiger partial charge in [-0.05, 0) is 186 Å². The second-order valence-electron chi connectivity index (χ2n) is 22.1. The van der Waals surface area contributed by atoms with Gasteiger partial charge in [0.2, 0.25) is 0 Å². The predicted octanol–water partition coefficient (Wildman–Crippen LogP) is 18.5. The Labute approximate surface area is 415 Å². The van der Waals surface area contributed by atoms with Gasteiger partial charge in [-0.3, -0.25) is 0 Å². The summed E-state index contributed by atoms with van der Waals surface area (Å²) >= 11 is 2.72. The molecule has 4 unspecified atom stereocenters. The molecule has 1 nitrogen and oxygen atoms in total. The van der Waals surface area contributed by atoms with Gasteiger partial charge in [-0.25, -0.2) is 0 Å². The van der Waals surface area contributed by atoms with Gasteiger partial charge in [-0.1, -0.05) is 184 Å². The van der Waals surface area contributed by atoms with Crippen LogP contribution in [0.4, 0.5) is 0 Å². The van der Waals surface area contributed by atoms with Gasteiger partial charge in [0.15, 0.2) is 0 Å². The van der Waals surface area contributed by atoms with E-state index in [-0.39, 0.29) is 10.8 Å². The lowest BCUT2D eigenvalue weighted by molar-refractivity contribution is 0.368. The van der Waals surface area contributed by atoms with Crippen molar-refractivity contribution in [2.24, 2.45) is 5.92 Å². The molecule has 0 saturated heterocycles. The number of halogens is 1. The third-order valence-electron chi connectivity index (χ3n) is 17.8. The van der Waals surface area contributed by atoms with Crippen LogP contribution >= 0.6 is 22.6 Å². The maximum absolute atomic E-state index is 2.79. The minimum atomic E-state index is -0.0263. The minimum Gasteiger partial charge on any atom is -0.341 e. The van der Waals surface area contributed by atoms with Gasteiger partial charge in [0.1, 0.15) is 0 Å². The van der Waals surface area contributed by atoms with Crippen molar-refractivity contribution in [1.82, 2.24) is 4.57 Å². The first-order valence-electron chi connectivity index (χ1n) is 25.6. The standard InChI is InChI=1S/C66H58IN/c1-65(2)56-25-12-9-19-45(56)46-31-28-40(36-58(46)65)39-29-32-51-54(34-39)63(55-38-59-64(48-21-6-5-18-44(48)55)52-24-10-13-26-57(52)66(59,3)4)50-23-8-7-22-49(50)62(51)41-30-33-61-53(35-41)47-20-11-14-27-60(47)68(61)43-17-15-16-42(67)37-43/h5-8,10-13,18,20-26,28-36,38,42-43,52,57H,9,14-17,19,27,37H2,1-4H3. The van der Waals surface area contributed by atoms with Crippen molar-refractivity contribution in [2.75, 3.05) is 0 Å². The SMILES string of the molecule is CC1(C)C2=C(CCC=C2)c2ccc(-c3ccc4c(-c5ccc6c(c5)c5c(n6C6CCCC(I)C6)CCC=C5)c5ccccc5c(-c5cc6c(c7ccccc57)C5C=CC=CC5C6(C)C)c4c3)cc21. The van der Waals surface area contributed by atoms with E-state index in [2.05, 4.69) is 213 Å². The predicted molar refractivity (Wildman–Crippen MR) is 299 cm³/mol. The quantitative estimate of drug-likeness (QED) is 0.0941. The number of alkyl halides is 1. The minimum absolute atomic E-state index is 0.0228. The molecule has 0 radical (unpaired) electrons. The number of hydrogen-bond acceptors (Lipinski definition) is 0. The van der Waals surface area contributed by atoms with Crippen LogP contribution in [0.15, 0.2) is 157 Å². The zero-order valence-electron chi connectivity index (χ0n) is 39.8. The van der Waals surface area contributed by atoms with Gasteiger partial charge < -0.3 is 4.57 Å². The summed E-state index contributed by atoms with van der Waals surface area (Å²) in [5, 5.41) is 9.42. The molecule has 1 fully saturated rings. The molecule has 1 aromatic heterocycles. The molecule has 68 heavy (non-hydrogen) atoms. The van der Waals surface area contributed by atoms with E-state index in [9.17, 15) is 0 Å². The highest BCUT2D eigenvalue weighted by atomic mass is 127. The van der Waals surface area contributed by atoms with Crippen LogP contribution in [0.3, 0.4) is 0 Å². The molecule has 4 atom stereocenters. The average Bonchev–Trinajstić information content (AvgIpc) is 3.91. The Balaban J connectivity index is 1.05. The lowest BCUT2D eigenvalue weighted by Gasteiger charge is -2.30. The summed E-state index contributed by atoms with van der Waals surface area (Å²) < 4.78 is 3.53. The van der Waals surface area contributed by atoms with Crippen LogP contribution in [0.25, 0.3) is 88.3 Å². The molecule has 0 spiro atoms. The fraction of sp³-hybridized carbons (Fsp3) is 0.273. The lowest BCUT2D eigenvalue weighted by Crippen LogP contribution is -2.24. The largest absolute Gasteiger partial charge is 0.341 e. The molecule has 0 aliphatic heterocycles. The van der Waals surface area contributed by atoms with Crippen molar-refractivity contribution in [2.45, 2.75) is 106 Å². The summed E-state index contributed by atoms with van der Waals surface area (Å²) in [5.41, 5.74) is 21.2. The summed E-state index contributed by atoms with van der Waals surface area (Å²) in [6, 6.07) is 44.3. The Morgan fingerprint density at radius 3 is 2.15 bits per heavy atom. The Kier molecular flexibility index (Phi) is 9.19. The molecule has 6 aliphatic carbocycles. The number of hydrogen-bond donors (Lipinski definition) is 0. The third kappa shape index (κ3) is 5.85. The van der Waals surface area contributed by atoms with Gasteiger partial charge in [0.25, 0.3) is 0 Å². The monoisotopic (exact) mass is 991 g/mol. The van der Waals surface area contributed by atoms with E-state index in [0.29, 0.717) is 17.9 Å². The zero-order valence-corrected chi connectivity index (χ0v) is 42.0. The van der Waals surface area contributed by atoms with Crippen LogP contribution < -0.4 is 0 Å². The Hall–Kier alpha value is -5.71. The van der Waals surface area contributed by atoms with Gasteiger partial charge in [-0.2, -0.15) is 0 Å². The van der Waals surface area contributed by atoms with Crippen LogP contribution in [0, 0.1) is 5.92 Å². The topological polar surface area (TPSA) is 4.93 Å². The van der Waals surface area contributed by atoms with Crippen molar-refractivity contribution in [3.05, 3.63) is 191 Å². The summed E-state index contributed by atoms with van der Waals surface area (Å²) in [5.74, 6) is 0.799. The van der Waals surface area contributed by atoms with Gasteiger partial charge in [0.05, 0.1) is 0 Å². The smallest absolute Gasteiger partial charge is 0.0491 e. The highest BCUT2D eigenvalue weighted by molar-refractivity contribution is 14.1. The number of fused-ring (bicyclic) bond motifs is 12. The van der Waals surface area contributed by atoms with Crippen LogP contribution in [0.5, 0.6) is 0 Å². The molecule has 8 aromatic rings. The van der Waals surface area contributed by atoms with Crippen LogP contribution in [0.1, 0.15) is 118 Å². The van der Waals surface area contributed by atoms with Crippen molar-refractivity contribution in [1.29, 1.82) is 0 Å². The number of benzene rings is 7. The fourth-order valence-electron chi connectivity index (χ4n) is 14.6. The van der Waals surface area contributed by atoms with E-state index in [0.717, 1.165) is 29.6 Å². The average molecular weight is 992 g/mol. The molecule has 0 bridgehead atoms. The molecule has 334 valence electrons. The fourth-order valence-corrected chi connectivity index (χ4v) is 15.6. The molecular formula is C66H58IN. The number of aromatic nitrogens is 1. The second-order valence-corrected chi connectivity index (χ2v) is 23.8. The molecule has 2 heteroatoms.